The highest BCUT2D eigenvalue weighted by Crippen LogP contribution is 2.69. The molecule has 1 aliphatic heterocycles. The van der Waals surface area contributed by atoms with Gasteiger partial charge in [0.05, 0.1) is 0 Å². The number of phenols is 1. The van der Waals surface area contributed by atoms with Crippen LogP contribution in [0.4, 0.5) is 5.69 Å². The van der Waals surface area contributed by atoms with Crippen LogP contribution in [0.1, 0.15) is 88.2 Å². The number of hydrogen-bond acceptors (Lipinski definition) is 2. The summed E-state index contributed by atoms with van der Waals surface area (Å²) >= 11 is 0. The van der Waals surface area contributed by atoms with Crippen molar-refractivity contribution < 1.29 is 5.11 Å². The van der Waals surface area contributed by atoms with Crippen molar-refractivity contribution in [2.45, 2.75) is 89.5 Å². The van der Waals surface area contributed by atoms with Crippen molar-refractivity contribution >= 4 is 157 Å². The summed E-state index contributed by atoms with van der Waals surface area (Å²) in [6.45, 7) is 3.37. The van der Waals surface area contributed by atoms with Crippen molar-refractivity contribution in [1.82, 2.24) is 0 Å². The number of phenolic OH excluding ortho intramolecular Hbond substituents is 1. The van der Waals surface area contributed by atoms with Crippen molar-refractivity contribution in [1.29, 1.82) is 0 Å². The molecule has 1 saturated heterocycles. The van der Waals surface area contributed by atoms with E-state index in [2.05, 4.69) is 72.5 Å². The molecule has 2 aliphatic rings. The average Bonchev–Trinajstić information content (AvgIpc) is 4.15. The molecule has 0 amide bonds. The van der Waals surface area contributed by atoms with Crippen LogP contribution in [0.3, 0.4) is 0 Å². The Hall–Kier alpha value is -6.12. The van der Waals surface area contributed by atoms with E-state index in [4.69, 9.17) is 0 Å². The zero-order valence-corrected chi connectivity index (χ0v) is 35.0. The first-order chi connectivity index (χ1) is 30.7. The molecule has 0 radical (unpaired) electrons. The number of unbranched alkanes of at least 4 members (excludes halogenated alkanes) is 8. The summed E-state index contributed by atoms with van der Waals surface area (Å²) in [4.78, 5) is 2.81. The summed E-state index contributed by atoms with van der Waals surface area (Å²) < 4.78 is 0. The van der Waals surface area contributed by atoms with Crippen LogP contribution in [0.5, 0.6) is 5.75 Å². The first-order valence-electron chi connectivity index (χ1n) is 24.2. The van der Waals surface area contributed by atoms with Crippen LogP contribution in [0, 0.1) is 5.92 Å². The molecule has 294 valence electrons. The van der Waals surface area contributed by atoms with Gasteiger partial charge in [-0.3, -0.25) is 0 Å². The fourth-order valence-electron chi connectivity index (χ4n) is 16.5. The van der Waals surface area contributed by atoms with E-state index >= 15 is 0 Å². The predicted octanol–water partition coefficient (Wildman–Crippen LogP) is 16.9. The Morgan fingerprint density at radius 2 is 0.823 bits per heavy atom. The van der Waals surface area contributed by atoms with E-state index in [0.29, 0.717) is 23.6 Å². The van der Waals surface area contributed by atoms with E-state index in [1.165, 1.54) is 129 Å². The number of aromatic hydroxyl groups is 1. The number of benzene rings is 10. The highest BCUT2D eigenvalue weighted by atomic mass is 16.3. The van der Waals surface area contributed by atoms with E-state index in [0.717, 1.165) is 13.0 Å². The smallest absolute Gasteiger partial charge is 0.115 e. The number of nitrogens with zero attached hydrogens (tertiary/aromatic N) is 1. The summed E-state index contributed by atoms with van der Waals surface area (Å²) in [6, 6.07) is 28.9. The molecule has 3 unspecified atom stereocenters. The van der Waals surface area contributed by atoms with Gasteiger partial charge in [-0.1, -0.05) is 113 Å². The minimum Gasteiger partial charge on any atom is -0.508 e. The normalized spacial score (nSPS) is 19.4. The summed E-state index contributed by atoms with van der Waals surface area (Å²) in [5.74, 6) is 1.28. The molecular formula is C60H43NO. The first kappa shape index (κ1) is 31.7. The molecule has 0 spiro atoms. The SMILES string of the molecule is CCCCCCCCCCCC1C2c3c4ccc5c6ccc7c8ccc9c%10ccc%11c(c%12c3c3c4c5c4c6c7c5c8c9c6c%10c%11c%12c7c3c4c5c67)CC2CN1c1ccc(O)cc1. The summed E-state index contributed by atoms with van der Waals surface area (Å²) in [6.07, 6.45) is 14.5. The van der Waals surface area contributed by atoms with Gasteiger partial charge in [0, 0.05) is 24.2 Å². The van der Waals surface area contributed by atoms with Gasteiger partial charge >= 0.3 is 0 Å². The van der Waals surface area contributed by atoms with Gasteiger partial charge in [0.1, 0.15) is 5.75 Å². The molecule has 1 N–H and O–H groups in total. The van der Waals surface area contributed by atoms with E-state index in [1.807, 2.05) is 12.1 Å². The molecule has 2 nitrogen and oxygen atoms in total. The standard InChI is InChI=1S/C60H43NO/c1-2-3-4-5-6-7-8-9-10-11-38-39-26(25-61(38)27-12-14-28(62)15-13-27)24-37-35-21-20-33-31-17-16-29-30-18-19-32-34-22-23-36-47(39)54-49(37)53-46(35)44(33)51-41(31)40(29)50-42(30)43(32)52-45(34)48(36)55(54)60-58(52)56(50)57(51)59(53)60/h12-23,26,38-39,62H,2-11,24-25H2,1H3. The van der Waals surface area contributed by atoms with Crippen molar-refractivity contribution in [3.63, 3.8) is 0 Å². The second-order valence-corrected chi connectivity index (χ2v) is 20.9. The average molecular weight is 794 g/mol. The van der Waals surface area contributed by atoms with E-state index in [-0.39, 0.29) is 0 Å². The van der Waals surface area contributed by atoms with Gasteiger partial charge in [-0.2, -0.15) is 0 Å². The summed E-state index contributed by atoms with van der Waals surface area (Å²) in [7, 11) is 0. The fraction of sp³-hybridized carbons (Fsp3) is 0.267. The van der Waals surface area contributed by atoms with Crippen LogP contribution in [0.25, 0.3) is 151 Å². The summed E-state index contributed by atoms with van der Waals surface area (Å²) in [5, 5.41) is 53.9. The van der Waals surface area contributed by atoms with Gasteiger partial charge in [-0.05, 0) is 205 Å². The second kappa shape index (κ2) is 10.1. The Labute approximate surface area is 356 Å². The lowest BCUT2D eigenvalue weighted by atomic mass is 9.79. The Morgan fingerprint density at radius 1 is 0.419 bits per heavy atom. The number of rotatable bonds is 11. The lowest BCUT2D eigenvalue weighted by Gasteiger charge is -2.31. The van der Waals surface area contributed by atoms with E-state index < -0.39 is 0 Å². The number of hydrogen-bond donors (Lipinski definition) is 1. The Balaban J connectivity index is 0.984. The molecule has 0 saturated carbocycles. The van der Waals surface area contributed by atoms with E-state index in [1.54, 1.807) is 103 Å². The van der Waals surface area contributed by atoms with Gasteiger partial charge in [-0.15, -0.1) is 0 Å². The molecule has 1 fully saturated rings. The van der Waals surface area contributed by atoms with Gasteiger partial charge in [0.2, 0.25) is 0 Å². The molecule has 18 rings (SSSR count). The van der Waals surface area contributed by atoms with Crippen LogP contribution in [-0.4, -0.2) is 17.7 Å². The summed E-state index contributed by atoms with van der Waals surface area (Å²) in [5.41, 5.74) is 4.59. The Kier molecular flexibility index (Phi) is 5.14. The molecule has 16 aromatic carbocycles. The van der Waals surface area contributed by atoms with Crippen LogP contribution >= 0.6 is 0 Å². The van der Waals surface area contributed by atoms with Crippen molar-refractivity contribution in [2.24, 2.45) is 5.92 Å². The van der Waals surface area contributed by atoms with Gasteiger partial charge in [0.15, 0.2) is 0 Å². The van der Waals surface area contributed by atoms with Gasteiger partial charge < -0.3 is 10.0 Å². The molecule has 62 heavy (non-hydrogen) atoms. The largest absolute Gasteiger partial charge is 0.508 e. The predicted molar refractivity (Wildman–Crippen MR) is 267 cm³/mol. The van der Waals surface area contributed by atoms with Crippen LogP contribution in [-0.2, 0) is 6.42 Å². The zero-order valence-electron chi connectivity index (χ0n) is 35.0. The van der Waals surface area contributed by atoms with Crippen molar-refractivity contribution in [3.05, 3.63) is 83.9 Å². The topological polar surface area (TPSA) is 23.5 Å². The Bertz CT molecular complexity index is 4360. The second-order valence-electron chi connectivity index (χ2n) is 20.9. The Morgan fingerprint density at radius 3 is 1.35 bits per heavy atom. The molecule has 3 atom stereocenters. The van der Waals surface area contributed by atoms with Crippen molar-refractivity contribution in [3.8, 4) is 5.75 Å². The van der Waals surface area contributed by atoms with E-state index in [9.17, 15) is 5.11 Å². The first-order valence-corrected chi connectivity index (χ1v) is 24.2. The van der Waals surface area contributed by atoms with Crippen LogP contribution in [0.2, 0.25) is 0 Å². The van der Waals surface area contributed by atoms with Crippen LogP contribution in [0.15, 0.2) is 72.8 Å². The fourth-order valence-corrected chi connectivity index (χ4v) is 16.5. The zero-order chi connectivity index (χ0) is 39.8. The third kappa shape index (κ3) is 3.03. The molecule has 16 aromatic rings. The number of fused-ring (bicyclic) bond motifs is 7. The molecule has 1 aliphatic carbocycles. The highest BCUT2D eigenvalue weighted by molar-refractivity contribution is 6.69. The third-order valence-corrected chi connectivity index (χ3v) is 18.5. The molecule has 0 bridgehead atoms. The lowest BCUT2D eigenvalue weighted by Crippen LogP contribution is -2.32. The maximum atomic E-state index is 10.5. The van der Waals surface area contributed by atoms with Gasteiger partial charge in [0.25, 0.3) is 0 Å². The molecule has 1 heterocycles. The number of anilines is 1. The minimum absolute atomic E-state index is 0.357. The van der Waals surface area contributed by atoms with Crippen LogP contribution < -0.4 is 4.90 Å². The maximum Gasteiger partial charge on any atom is 0.115 e. The molecular weight excluding hydrogens is 751 g/mol. The van der Waals surface area contributed by atoms with Gasteiger partial charge in [-0.25, -0.2) is 0 Å². The highest BCUT2D eigenvalue weighted by Gasteiger charge is 2.48. The monoisotopic (exact) mass is 793 g/mol. The molecule has 2 heteroatoms. The van der Waals surface area contributed by atoms with Crippen molar-refractivity contribution in [2.75, 3.05) is 11.4 Å². The molecule has 0 aromatic heterocycles. The quantitative estimate of drug-likeness (QED) is 0.104. The maximum absolute atomic E-state index is 10.5. The third-order valence-electron chi connectivity index (χ3n) is 18.5. The lowest BCUT2D eigenvalue weighted by molar-refractivity contribution is 0.446. The minimum atomic E-state index is 0.357.